The molecule has 0 aromatic heterocycles. The Labute approximate surface area is 160 Å². The zero-order valence-electron chi connectivity index (χ0n) is 15.3. The average molecular weight is 380 g/mol. The van der Waals surface area contributed by atoms with Crippen molar-refractivity contribution < 1.29 is 15.0 Å². The second kappa shape index (κ2) is 8.73. The third kappa shape index (κ3) is 4.79. The number of fused-ring (bicyclic) bond motifs is 2. The normalized spacial score (nSPS) is 26.3. The average Bonchev–Trinajstić information content (AvgIpc) is 2.65. The number of benzene rings is 1. The molecule has 2 aliphatic rings. The van der Waals surface area contributed by atoms with Gasteiger partial charge in [0.1, 0.15) is 0 Å². The number of rotatable bonds is 7. The van der Waals surface area contributed by atoms with Crippen molar-refractivity contribution in [3.05, 3.63) is 34.3 Å². The minimum absolute atomic E-state index is 0.110. The van der Waals surface area contributed by atoms with Crippen molar-refractivity contribution in [3.8, 4) is 0 Å². The van der Waals surface area contributed by atoms with Crippen LogP contribution in [0.25, 0.3) is 0 Å². The standard InChI is InChI=1S/C21H30ClNO3/c22-19-8-6-15(5-7-17(25)13-24)11-18(19)20(26)23-14-21-9-1-3-16(12-21)4-2-10-21/h6,8,11,16-17,24-25H,1-5,7,9-10,12-14H2,(H,23,26). The fourth-order valence-electron chi connectivity index (χ4n) is 4.76. The zero-order valence-corrected chi connectivity index (χ0v) is 16.1. The molecule has 1 unspecified atom stereocenters. The highest BCUT2D eigenvalue weighted by molar-refractivity contribution is 6.33. The summed E-state index contributed by atoms with van der Waals surface area (Å²) in [6, 6.07) is 5.42. The summed E-state index contributed by atoms with van der Waals surface area (Å²) in [6.45, 7) is 0.496. The molecule has 26 heavy (non-hydrogen) atoms. The van der Waals surface area contributed by atoms with E-state index in [1.165, 1.54) is 44.9 Å². The summed E-state index contributed by atoms with van der Waals surface area (Å²) < 4.78 is 0. The van der Waals surface area contributed by atoms with Gasteiger partial charge in [-0.1, -0.05) is 43.4 Å². The second-order valence-electron chi connectivity index (χ2n) is 8.23. The molecule has 2 aliphatic carbocycles. The van der Waals surface area contributed by atoms with Crippen LogP contribution in [0.2, 0.25) is 5.02 Å². The lowest BCUT2D eigenvalue weighted by molar-refractivity contribution is 0.0681. The van der Waals surface area contributed by atoms with Gasteiger partial charge in [0, 0.05) is 6.54 Å². The maximum Gasteiger partial charge on any atom is 0.252 e. The maximum atomic E-state index is 12.7. The van der Waals surface area contributed by atoms with Crippen LogP contribution in [0.4, 0.5) is 0 Å². The SMILES string of the molecule is O=C(NCC12CCCC(CCC1)C2)c1cc(CCC(O)CO)ccc1Cl. The molecule has 5 heteroatoms. The van der Waals surface area contributed by atoms with Crippen LogP contribution < -0.4 is 5.32 Å². The van der Waals surface area contributed by atoms with Gasteiger partial charge in [0.15, 0.2) is 0 Å². The van der Waals surface area contributed by atoms with Crippen LogP contribution in [-0.2, 0) is 6.42 Å². The molecule has 4 nitrogen and oxygen atoms in total. The van der Waals surface area contributed by atoms with Gasteiger partial charge in [-0.3, -0.25) is 4.79 Å². The fraction of sp³-hybridized carbons (Fsp3) is 0.667. The van der Waals surface area contributed by atoms with Gasteiger partial charge in [-0.2, -0.15) is 0 Å². The Morgan fingerprint density at radius 3 is 2.73 bits per heavy atom. The predicted molar refractivity (Wildman–Crippen MR) is 103 cm³/mol. The van der Waals surface area contributed by atoms with E-state index in [4.69, 9.17) is 16.7 Å². The Kier molecular flexibility index (Phi) is 6.60. The van der Waals surface area contributed by atoms with Gasteiger partial charge in [-0.05, 0) is 61.1 Å². The molecule has 3 N–H and O–H groups in total. The number of halogens is 1. The highest BCUT2D eigenvalue weighted by Gasteiger charge is 2.39. The Morgan fingerprint density at radius 2 is 2.04 bits per heavy atom. The Morgan fingerprint density at radius 1 is 1.31 bits per heavy atom. The number of hydrogen-bond donors (Lipinski definition) is 3. The van der Waals surface area contributed by atoms with Crippen molar-refractivity contribution in [1.82, 2.24) is 5.32 Å². The second-order valence-corrected chi connectivity index (χ2v) is 8.63. The smallest absolute Gasteiger partial charge is 0.252 e. The molecule has 1 amide bonds. The topological polar surface area (TPSA) is 69.6 Å². The van der Waals surface area contributed by atoms with Crippen LogP contribution in [0.3, 0.4) is 0 Å². The molecule has 144 valence electrons. The summed E-state index contributed by atoms with van der Waals surface area (Å²) in [5.74, 6) is 0.737. The zero-order chi connectivity index (χ0) is 18.6. The Hall–Kier alpha value is -1.10. The number of hydrogen-bond acceptors (Lipinski definition) is 3. The molecule has 0 heterocycles. The quantitative estimate of drug-likeness (QED) is 0.676. The van der Waals surface area contributed by atoms with E-state index in [1.807, 2.05) is 12.1 Å². The van der Waals surface area contributed by atoms with Crippen molar-refractivity contribution in [2.45, 2.75) is 63.9 Å². The summed E-state index contributed by atoms with van der Waals surface area (Å²) in [5.41, 5.74) is 1.73. The van der Waals surface area contributed by atoms with E-state index in [-0.39, 0.29) is 17.9 Å². The van der Waals surface area contributed by atoms with Crippen LogP contribution in [0.15, 0.2) is 18.2 Å². The van der Waals surface area contributed by atoms with Gasteiger partial charge in [-0.25, -0.2) is 0 Å². The molecule has 2 saturated carbocycles. The monoisotopic (exact) mass is 379 g/mol. The van der Waals surface area contributed by atoms with Crippen molar-refractivity contribution >= 4 is 17.5 Å². The Balaban J connectivity index is 1.62. The summed E-state index contributed by atoms with van der Waals surface area (Å²) in [4.78, 5) is 12.7. The van der Waals surface area contributed by atoms with Crippen LogP contribution in [0, 0.1) is 11.3 Å². The fourth-order valence-corrected chi connectivity index (χ4v) is 4.96. The number of carbonyl (C=O) groups excluding carboxylic acids is 1. The molecular weight excluding hydrogens is 350 g/mol. The van der Waals surface area contributed by atoms with Crippen molar-refractivity contribution in [3.63, 3.8) is 0 Å². The van der Waals surface area contributed by atoms with Gasteiger partial charge < -0.3 is 15.5 Å². The largest absolute Gasteiger partial charge is 0.394 e. The molecule has 0 spiro atoms. The van der Waals surface area contributed by atoms with Gasteiger partial charge in [0.2, 0.25) is 0 Å². The van der Waals surface area contributed by atoms with Crippen molar-refractivity contribution in [2.24, 2.45) is 11.3 Å². The first-order valence-corrected chi connectivity index (χ1v) is 10.2. The molecule has 0 aliphatic heterocycles. The van der Waals surface area contributed by atoms with E-state index in [0.29, 0.717) is 23.4 Å². The van der Waals surface area contributed by atoms with Crippen LogP contribution in [-0.4, -0.2) is 35.4 Å². The highest BCUT2D eigenvalue weighted by atomic mass is 35.5. The Bertz CT molecular complexity index is 624. The number of aryl methyl sites for hydroxylation is 1. The van der Waals surface area contributed by atoms with E-state index in [0.717, 1.165) is 18.0 Å². The van der Waals surface area contributed by atoms with E-state index >= 15 is 0 Å². The van der Waals surface area contributed by atoms with Crippen molar-refractivity contribution in [2.75, 3.05) is 13.2 Å². The van der Waals surface area contributed by atoms with E-state index in [9.17, 15) is 9.90 Å². The minimum Gasteiger partial charge on any atom is -0.394 e. The number of aliphatic hydroxyl groups is 2. The van der Waals surface area contributed by atoms with E-state index in [2.05, 4.69) is 5.32 Å². The highest BCUT2D eigenvalue weighted by Crippen LogP contribution is 2.48. The number of aliphatic hydroxyl groups excluding tert-OH is 2. The molecule has 2 fully saturated rings. The first kappa shape index (κ1) is 19.7. The molecular formula is C21H30ClNO3. The van der Waals surface area contributed by atoms with E-state index < -0.39 is 6.10 Å². The number of carbonyl (C=O) groups is 1. The molecule has 1 aromatic rings. The number of nitrogens with one attached hydrogen (secondary N) is 1. The third-order valence-corrected chi connectivity index (χ3v) is 6.57. The maximum absolute atomic E-state index is 12.7. The van der Waals surface area contributed by atoms with E-state index in [1.54, 1.807) is 6.07 Å². The summed E-state index contributed by atoms with van der Waals surface area (Å²) in [5, 5.41) is 22.0. The summed E-state index contributed by atoms with van der Waals surface area (Å²) in [7, 11) is 0. The van der Waals surface area contributed by atoms with Gasteiger partial charge in [0.25, 0.3) is 5.91 Å². The lowest BCUT2D eigenvalue weighted by Crippen LogP contribution is -2.43. The van der Waals surface area contributed by atoms with Crippen LogP contribution in [0.1, 0.15) is 67.3 Å². The molecule has 0 saturated heterocycles. The predicted octanol–water partition coefficient (Wildman–Crippen LogP) is 3.72. The lowest BCUT2D eigenvalue weighted by Gasteiger charge is -2.45. The van der Waals surface area contributed by atoms with Gasteiger partial charge in [-0.15, -0.1) is 0 Å². The van der Waals surface area contributed by atoms with Crippen molar-refractivity contribution in [1.29, 1.82) is 0 Å². The van der Waals surface area contributed by atoms with Gasteiger partial charge in [0.05, 0.1) is 23.3 Å². The minimum atomic E-state index is -0.729. The molecule has 2 bridgehead atoms. The molecule has 3 rings (SSSR count). The first-order valence-electron chi connectivity index (χ1n) is 9.87. The summed E-state index contributed by atoms with van der Waals surface area (Å²) >= 11 is 6.26. The molecule has 1 atom stereocenters. The van der Waals surface area contributed by atoms with Crippen LogP contribution >= 0.6 is 11.6 Å². The van der Waals surface area contributed by atoms with Crippen LogP contribution in [0.5, 0.6) is 0 Å². The third-order valence-electron chi connectivity index (χ3n) is 6.24. The molecule has 0 radical (unpaired) electrons. The number of amides is 1. The van der Waals surface area contributed by atoms with Gasteiger partial charge >= 0.3 is 0 Å². The molecule has 1 aromatic carbocycles. The summed E-state index contributed by atoms with van der Waals surface area (Å²) in [6.07, 6.45) is 9.29. The first-order chi connectivity index (χ1) is 12.5. The lowest BCUT2D eigenvalue weighted by atomic mass is 9.62.